The molecule has 1 heterocycles. The van der Waals surface area contributed by atoms with Crippen molar-refractivity contribution in [1.82, 2.24) is 0 Å². The minimum absolute atomic E-state index is 0.106. The van der Waals surface area contributed by atoms with Crippen LogP contribution < -0.4 is 5.73 Å². The largest absolute Gasteiger partial charge is 0.393 e. The van der Waals surface area contributed by atoms with Crippen LogP contribution in [-0.4, -0.2) is 17.8 Å². The highest BCUT2D eigenvalue weighted by molar-refractivity contribution is 7.10. The first-order chi connectivity index (χ1) is 7.16. The summed E-state index contributed by atoms with van der Waals surface area (Å²) in [5, 5.41) is 11.7. The Morgan fingerprint density at radius 3 is 2.67 bits per heavy atom. The van der Waals surface area contributed by atoms with Crippen LogP contribution in [0.25, 0.3) is 0 Å². The van der Waals surface area contributed by atoms with Gasteiger partial charge in [0.1, 0.15) is 0 Å². The molecule has 0 unspecified atom stereocenters. The molecule has 0 spiro atoms. The average molecular weight is 225 g/mol. The second-order valence-corrected chi connectivity index (χ2v) is 5.62. The second kappa shape index (κ2) is 4.24. The lowest BCUT2D eigenvalue weighted by atomic mass is 9.72. The molecule has 0 saturated heterocycles. The average Bonchev–Trinajstić information content (AvgIpc) is 2.67. The van der Waals surface area contributed by atoms with Gasteiger partial charge in [0.15, 0.2) is 0 Å². The smallest absolute Gasteiger partial charge is 0.0541 e. The summed E-state index contributed by atoms with van der Waals surface area (Å²) in [5.41, 5.74) is 7.43. The summed E-state index contributed by atoms with van der Waals surface area (Å²) in [6.07, 6.45) is 3.75. The zero-order valence-electron chi connectivity index (χ0n) is 9.20. The number of hydrogen-bond acceptors (Lipinski definition) is 3. The number of aliphatic hydroxyl groups excluding tert-OH is 1. The maximum atomic E-state index is 9.55. The molecule has 2 rings (SSSR count). The van der Waals surface area contributed by atoms with E-state index in [1.165, 1.54) is 10.4 Å². The van der Waals surface area contributed by atoms with E-state index >= 15 is 0 Å². The van der Waals surface area contributed by atoms with Crippen LogP contribution in [0.3, 0.4) is 0 Å². The quantitative estimate of drug-likeness (QED) is 0.810. The van der Waals surface area contributed by atoms with Crippen molar-refractivity contribution in [3.63, 3.8) is 0 Å². The fraction of sp³-hybridized carbons (Fsp3) is 0.667. The Balaban J connectivity index is 2.22. The van der Waals surface area contributed by atoms with Gasteiger partial charge in [0, 0.05) is 16.8 Å². The van der Waals surface area contributed by atoms with Gasteiger partial charge < -0.3 is 10.8 Å². The fourth-order valence-corrected chi connectivity index (χ4v) is 3.59. The highest BCUT2D eigenvalue weighted by Crippen LogP contribution is 2.41. The topological polar surface area (TPSA) is 46.2 Å². The third-order valence-corrected chi connectivity index (χ3v) is 4.85. The summed E-state index contributed by atoms with van der Waals surface area (Å²) in [7, 11) is 0. The van der Waals surface area contributed by atoms with E-state index in [9.17, 15) is 5.11 Å². The van der Waals surface area contributed by atoms with Gasteiger partial charge in [-0.15, -0.1) is 11.3 Å². The maximum Gasteiger partial charge on any atom is 0.0541 e. The molecule has 84 valence electrons. The zero-order valence-corrected chi connectivity index (χ0v) is 10.0. The fourth-order valence-electron chi connectivity index (χ4n) is 2.42. The number of aryl methyl sites for hydroxylation is 1. The van der Waals surface area contributed by atoms with Crippen molar-refractivity contribution in [2.75, 3.05) is 6.54 Å². The van der Waals surface area contributed by atoms with E-state index in [0.29, 0.717) is 6.54 Å². The van der Waals surface area contributed by atoms with E-state index in [1.807, 2.05) is 11.3 Å². The van der Waals surface area contributed by atoms with Gasteiger partial charge in [0.05, 0.1) is 6.10 Å². The molecule has 0 bridgehead atoms. The van der Waals surface area contributed by atoms with E-state index in [2.05, 4.69) is 18.4 Å². The summed E-state index contributed by atoms with van der Waals surface area (Å²) in [4.78, 5) is 1.41. The van der Waals surface area contributed by atoms with Crippen molar-refractivity contribution >= 4 is 11.3 Å². The number of aliphatic hydroxyl groups is 1. The molecular weight excluding hydrogens is 206 g/mol. The number of hydrogen-bond donors (Lipinski definition) is 2. The van der Waals surface area contributed by atoms with Crippen LogP contribution in [0.5, 0.6) is 0 Å². The molecule has 1 fully saturated rings. The first-order valence-corrected chi connectivity index (χ1v) is 6.48. The van der Waals surface area contributed by atoms with Gasteiger partial charge in [0.25, 0.3) is 0 Å². The molecule has 0 aliphatic heterocycles. The van der Waals surface area contributed by atoms with Crippen LogP contribution in [-0.2, 0) is 5.41 Å². The molecule has 1 aliphatic carbocycles. The van der Waals surface area contributed by atoms with Gasteiger partial charge in [-0.05, 0) is 49.6 Å². The minimum Gasteiger partial charge on any atom is -0.393 e. The minimum atomic E-state index is -0.106. The normalized spacial score (nSPS) is 31.8. The first kappa shape index (κ1) is 11.1. The third kappa shape index (κ3) is 2.10. The van der Waals surface area contributed by atoms with Gasteiger partial charge in [-0.3, -0.25) is 0 Å². The van der Waals surface area contributed by atoms with Gasteiger partial charge in [0.2, 0.25) is 0 Å². The lowest BCUT2D eigenvalue weighted by Crippen LogP contribution is -2.39. The highest BCUT2D eigenvalue weighted by Gasteiger charge is 2.36. The molecule has 0 radical (unpaired) electrons. The van der Waals surface area contributed by atoms with E-state index < -0.39 is 0 Å². The van der Waals surface area contributed by atoms with Crippen LogP contribution in [0.4, 0.5) is 0 Å². The summed E-state index contributed by atoms with van der Waals surface area (Å²) in [6.45, 7) is 2.83. The Labute approximate surface area is 95.1 Å². The molecule has 0 amide bonds. The van der Waals surface area contributed by atoms with Crippen LogP contribution in [0.2, 0.25) is 0 Å². The molecule has 1 aliphatic rings. The number of nitrogens with two attached hydrogens (primary N) is 1. The Morgan fingerprint density at radius 1 is 1.53 bits per heavy atom. The van der Waals surface area contributed by atoms with Crippen molar-refractivity contribution < 1.29 is 5.11 Å². The van der Waals surface area contributed by atoms with Crippen molar-refractivity contribution in [3.05, 3.63) is 21.9 Å². The van der Waals surface area contributed by atoms with Gasteiger partial charge in [-0.2, -0.15) is 0 Å². The van der Waals surface area contributed by atoms with Crippen molar-refractivity contribution in [2.24, 2.45) is 5.73 Å². The van der Waals surface area contributed by atoms with Crippen molar-refractivity contribution in [1.29, 1.82) is 0 Å². The van der Waals surface area contributed by atoms with Crippen LogP contribution in [0.15, 0.2) is 11.4 Å². The van der Waals surface area contributed by atoms with E-state index in [-0.39, 0.29) is 11.5 Å². The molecule has 3 heteroatoms. The summed E-state index contributed by atoms with van der Waals surface area (Å²) >= 11 is 1.82. The van der Waals surface area contributed by atoms with E-state index in [0.717, 1.165) is 25.7 Å². The summed E-state index contributed by atoms with van der Waals surface area (Å²) < 4.78 is 0. The molecule has 1 aromatic rings. The predicted molar refractivity (Wildman–Crippen MR) is 64.3 cm³/mol. The maximum absolute atomic E-state index is 9.55. The van der Waals surface area contributed by atoms with Gasteiger partial charge >= 0.3 is 0 Å². The number of thiophene rings is 1. The Morgan fingerprint density at radius 2 is 2.20 bits per heavy atom. The van der Waals surface area contributed by atoms with Crippen molar-refractivity contribution in [3.8, 4) is 0 Å². The highest BCUT2D eigenvalue weighted by atomic mass is 32.1. The Hall–Kier alpha value is -0.380. The SMILES string of the molecule is Cc1csc(C2(CN)CCC(O)CC2)c1. The molecule has 2 nitrogen and oxygen atoms in total. The summed E-state index contributed by atoms with van der Waals surface area (Å²) in [5.74, 6) is 0. The Kier molecular flexibility index (Phi) is 3.14. The molecule has 0 aromatic carbocycles. The summed E-state index contributed by atoms with van der Waals surface area (Å²) in [6, 6.07) is 2.26. The van der Waals surface area contributed by atoms with Crippen molar-refractivity contribution in [2.45, 2.75) is 44.1 Å². The first-order valence-electron chi connectivity index (χ1n) is 5.60. The lowest BCUT2D eigenvalue weighted by Gasteiger charge is -2.37. The third-order valence-electron chi connectivity index (χ3n) is 3.56. The molecule has 1 saturated carbocycles. The molecule has 3 N–H and O–H groups in total. The van der Waals surface area contributed by atoms with Crippen LogP contribution in [0.1, 0.15) is 36.1 Å². The predicted octanol–water partition coefficient (Wildman–Crippen LogP) is 2.19. The second-order valence-electron chi connectivity index (χ2n) is 4.70. The zero-order chi connectivity index (χ0) is 10.9. The molecule has 0 atom stereocenters. The standard InChI is InChI=1S/C12H19NOS/c1-9-6-11(15-7-9)12(8-13)4-2-10(14)3-5-12/h6-7,10,14H,2-5,8,13H2,1H3. The van der Waals surface area contributed by atoms with Gasteiger partial charge in [-0.1, -0.05) is 0 Å². The van der Waals surface area contributed by atoms with Crippen LogP contribution in [0, 0.1) is 6.92 Å². The Bertz CT molecular complexity index is 326. The molecule has 1 aromatic heterocycles. The molecular formula is C12H19NOS. The number of rotatable bonds is 2. The van der Waals surface area contributed by atoms with Crippen LogP contribution >= 0.6 is 11.3 Å². The monoisotopic (exact) mass is 225 g/mol. The lowest BCUT2D eigenvalue weighted by molar-refractivity contribution is 0.0985. The van der Waals surface area contributed by atoms with E-state index in [4.69, 9.17) is 5.73 Å². The van der Waals surface area contributed by atoms with Gasteiger partial charge in [-0.25, -0.2) is 0 Å². The van der Waals surface area contributed by atoms with E-state index in [1.54, 1.807) is 0 Å². The molecule has 15 heavy (non-hydrogen) atoms.